The predicted octanol–water partition coefficient (Wildman–Crippen LogP) is 4.93. The molecule has 3 rings (SSSR count). The molecule has 1 saturated carbocycles. The molecule has 1 heterocycles. The largest absolute Gasteiger partial charge is 0.351 e. The molecule has 0 radical (unpaired) electrons. The summed E-state index contributed by atoms with van der Waals surface area (Å²) >= 11 is 6.23. The molecule has 0 atom stereocenters. The van der Waals surface area contributed by atoms with Crippen LogP contribution in [0.4, 0.5) is 17.5 Å². The first-order chi connectivity index (χ1) is 10.7. The highest BCUT2D eigenvalue weighted by Crippen LogP contribution is 2.26. The lowest BCUT2D eigenvalue weighted by molar-refractivity contribution is 0.461. The van der Waals surface area contributed by atoms with Crippen molar-refractivity contribution in [3.8, 4) is 0 Å². The molecule has 116 valence electrons. The molecule has 1 fully saturated rings. The fourth-order valence-electron chi connectivity index (χ4n) is 2.79. The van der Waals surface area contributed by atoms with Crippen molar-refractivity contribution in [2.45, 2.75) is 45.1 Å². The normalized spacial score (nSPS) is 15.5. The Hall–Kier alpha value is -1.81. The maximum absolute atomic E-state index is 6.23. The number of halogens is 1. The third-order valence-electron chi connectivity index (χ3n) is 4.08. The van der Waals surface area contributed by atoms with Crippen molar-refractivity contribution in [3.63, 3.8) is 0 Å². The second-order valence-corrected chi connectivity index (χ2v) is 6.22. The number of rotatable bonds is 4. The van der Waals surface area contributed by atoms with Crippen LogP contribution < -0.4 is 10.6 Å². The summed E-state index contributed by atoms with van der Waals surface area (Å²) in [6.07, 6.45) is 7.91. The molecule has 1 aromatic heterocycles. The first kappa shape index (κ1) is 15.1. The molecule has 5 heteroatoms. The van der Waals surface area contributed by atoms with E-state index in [1.54, 1.807) is 6.20 Å². The summed E-state index contributed by atoms with van der Waals surface area (Å²) in [5.41, 5.74) is 2.16. The van der Waals surface area contributed by atoms with Gasteiger partial charge in [0.1, 0.15) is 5.02 Å². The number of nitrogens with zero attached hydrogens (tertiary/aromatic N) is 2. The Labute approximate surface area is 136 Å². The van der Waals surface area contributed by atoms with E-state index >= 15 is 0 Å². The summed E-state index contributed by atoms with van der Waals surface area (Å²) in [6.45, 7) is 2.05. The molecule has 0 unspecified atom stereocenters. The van der Waals surface area contributed by atoms with E-state index in [1.165, 1.54) is 32.1 Å². The summed E-state index contributed by atoms with van der Waals surface area (Å²) < 4.78 is 0. The van der Waals surface area contributed by atoms with E-state index in [-0.39, 0.29) is 0 Å². The van der Waals surface area contributed by atoms with Crippen LogP contribution in [0.25, 0.3) is 0 Å². The molecule has 0 bridgehead atoms. The summed E-state index contributed by atoms with van der Waals surface area (Å²) in [5, 5.41) is 7.25. The van der Waals surface area contributed by atoms with E-state index in [9.17, 15) is 0 Å². The third kappa shape index (κ3) is 3.69. The third-order valence-corrected chi connectivity index (χ3v) is 4.36. The van der Waals surface area contributed by atoms with Crippen molar-refractivity contribution in [3.05, 3.63) is 41.0 Å². The van der Waals surface area contributed by atoms with Gasteiger partial charge in [0, 0.05) is 11.7 Å². The van der Waals surface area contributed by atoms with E-state index in [1.807, 2.05) is 18.2 Å². The lowest BCUT2D eigenvalue weighted by Gasteiger charge is -2.23. The van der Waals surface area contributed by atoms with Crippen molar-refractivity contribution in [2.24, 2.45) is 0 Å². The van der Waals surface area contributed by atoms with E-state index < -0.39 is 0 Å². The lowest BCUT2D eigenvalue weighted by Crippen LogP contribution is -2.23. The van der Waals surface area contributed by atoms with Gasteiger partial charge in [0.05, 0.1) is 6.20 Å². The van der Waals surface area contributed by atoms with Crippen LogP contribution in [0.15, 0.2) is 30.5 Å². The zero-order chi connectivity index (χ0) is 15.4. The molecule has 22 heavy (non-hydrogen) atoms. The minimum atomic E-state index is 0.473. The molecule has 0 amide bonds. The number of benzene rings is 1. The van der Waals surface area contributed by atoms with Gasteiger partial charge in [-0.25, -0.2) is 4.98 Å². The van der Waals surface area contributed by atoms with Crippen LogP contribution in [-0.4, -0.2) is 16.0 Å². The topological polar surface area (TPSA) is 49.8 Å². The number of aryl methyl sites for hydroxylation is 1. The molecule has 0 saturated heterocycles. The molecule has 1 aliphatic rings. The zero-order valence-corrected chi connectivity index (χ0v) is 13.5. The lowest BCUT2D eigenvalue weighted by atomic mass is 9.96. The average molecular weight is 317 g/mol. The van der Waals surface area contributed by atoms with Crippen LogP contribution in [0, 0.1) is 6.92 Å². The number of hydrogen-bond donors (Lipinski definition) is 2. The van der Waals surface area contributed by atoms with Crippen molar-refractivity contribution in [2.75, 3.05) is 10.6 Å². The van der Waals surface area contributed by atoms with E-state index in [0.29, 0.717) is 22.8 Å². The number of anilines is 3. The summed E-state index contributed by atoms with van der Waals surface area (Å²) in [4.78, 5) is 8.84. The Balaban J connectivity index is 1.76. The van der Waals surface area contributed by atoms with Gasteiger partial charge in [-0.05, 0) is 31.4 Å². The van der Waals surface area contributed by atoms with Gasteiger partial charge in [-0.1, -0.05) is 49.1 Å². The van der Waals surface area contributed by atoms with Gasteiger partial charge in [-0.3, -0.25) is 0 Å². The smallest absolute Gasteiger partial charge is 0.224 e. The van der Waals surface area contributed by atoms with Gasteiger partial charge in [-0.2, -0.15) is 4.98 Å². The Bertz CT molecular complexity index is 638. The van der Waals surface area contributed by atoms with Crippen LogP contribution in [0.5, 0.6) is 0 Å². The molecule has 1 aromatic carbocycles. The van der Waals surface area contributed by atoms with Crippen molar-refractivity contribution in [1.29, 1.82) is 0 Å². The molecule has 4 nitrogen and oxygen atoms in total. The highest BCUT2D eigenvalue weighted by molar-refractivity contribution is 6.32. The van der Waals surface area contributed by atoms with Gasteiger partial charge in [-0.15, -0.1) is 0 Å². The molecule has 2 N–H and O–H groups in total. The number of nitrogens with one attached hydrogen (secondary N) is 2. The van der Waals surface area contributed by atoms with Gasteiger partial charge in [0.15, 0.2) is 5.82 Å². The van der Waals surface area contributed by atoms with Crippen LogP contribution in [0.2, 0.25) is 5.02 Å². The highest BCUT2D eigenvalue weighted by atomic mass is 35.5. The van der Waals surface area contributed by atoms with E-state index in [4.69, 9.17) is 11.6 Å². The minimum absolute atomic E-state index is 0.473. The second-order valence-electron chi connectivity index (χ2n) is 5.81. The fourth-order valence-corrected chi connectivity index (χ4v) is 2.93. The molecule has 1 aliphatic carbocycles. The van der Waals surface area contributed by atoms with Gasteiger partial charge in [0.25, 0.3) is 0 Å². The van der Waals surface area contributed by atoms with Crippen LogP contribution >= 0.6 is 11.6 Å². The fraction of sp³-hybridized carbons (Fsp3) is 0.412. The quantitative estimate of drug-likeness (QED) is 0.840. The Kier molecular flexibility index (Phi) is 4.78. The summed E-state index contributed by atoms with van der Waals surface area (Å²) in [7, 11) is 0. The van der Waals surface area contributed by atoms with E-state index in [2.05, 4.69) is 33.6 Å². The maximum Gasteiger partial charge on any atom is 0.224 e. The molecular weight excluding hydrogens is 296 g/mol. The number of para-hydroxylation sites is 1. The Morgan fingerprint density at radius 1 is 1.14 bits per heavy atom. The minimum Gasteiger partial charge on any atom is -0.351 e. The Morgan fingerprint density at radius 2 is 1.91 bits per heavy atom. The standard InChI is InChI=1S/C17H21ClN4/c1-12-7-5-6-10-15(12)21-16-14(18)11-19-17(22-16)20-13-8-3-2-4-9-13/h5-7,10-11,13H,2-4,8-9H2,1H3,(H2,19,20,21,22). The predicted molar refractivity (Wildman–Crippen MR) is 92.0 cm³/mol. The van der Waals surface area contributed by atoms with Crippen LogP contribution in [0.3, 0.4) is 0 Å². The van der Waals surface area contributed by atoms with Gasteiger partial charge in [0.2, 0.25) is 5.95 Å². The first-order valence-electron chi connectivity index (χ1n) is 7.84. The van der Waals surface area contributed by atoms with Gasteiger partial charge >= 0.3 is 0 Å². The zero-order valence-electron chi connectivity index (χ0n) is 12.8. The van der Waals surface area contributed by atoms with Crippen LogP contribution in [-0.2, 0) is 0 Å². The first-order valence-corrected chi connectivity index (χ1v) is 8.22. The van der Waals surface area contributed by atoms with Crippen LogP contribution in [0.1, 0.15) is 37.7 Å². The highest BCUT2D eigenvalue weighted by Gasteiger charge is 2.15. The van der Waals surface area contributed by atoms with Crippen molar-refractivity contribution < 1.29 is 0 Å². The maximum atomic E-state index is 6.23. The SMILES string of the molecule is Cc1ccccc1Nc1nc(NC2CCCCC2)ncc1Cl. The van der Waals surface area contributed by atoms with E-state index in [0.717, 1.165) is 11.3 Å². The molecular formula is C17H21ClN4. The summed E-state index contributed by atoms with van der Waals surface area (Å²) in [6, 6.07) is 8.55. The Morgan fingerprint density at radius 3 is 2.68 bits per heavy atom. The molecule has 0 spiro atoms. The second kappa shape index (κ2) is 6.97. The monoisotopic (exact) mass is 316 g/mol. The van der Waals surface area contributed by atoms with Crippen molar-refractivity contribution >= 4 is 29.1 Å². The number of aromatic nitrogens is 2. The molecule has 0 aliphatic heterocycles. The molecule has 2 aromatic rings. The summed E-state index contributed by atoms with van der Waals surface area (Å²) in [5.74, 6) is 1.29. The van der Waals surface area contributed by atoms with Gasteiger partial charge < -0.3 is 10.6 Å². The average Bonchev–Trinajstić information content (AvgIpc) is 2.54. The number of hydrogen-bond acceptors (Lipinski definition) is 4. The van der Waals surface area contributed by atoms with Crippen molar-refractivity contribution in [1.82, 2.24) is 9.97 Å².